The molecule has 33 heavy (non-hydrogen) atoms. The van der Waals surface area contributed by atoms with E-state index in [-0.39, 0.29) is 22.6 Å². The van der Waals surface area contributed by atoms with Gasteiger partial charge in [0.2, 0.25) is 4.96 Å². The zero-order valence-electron chi connectivity index (χ0n) is 18.6. The third kappa shape index (κ3) is 5.28. The van der Waals surface area contributed by atoms with Crippen LogP contribution in [-0.4, -0.2) is 27.8 Å². The summed E-state index contributed by atoms with van der Waals surface area (Å²) in [5, 5.41) is 4.33. The number of aromatic nitrogens is 3. The first kappa shape index (κ1) is 22.7. The molecule has 0 N–H and O–H groups in total. The van der Waals surface area contributed by atoms with Gasteiger partial charge >= 0.3 is 0 Å². The van der Waals surface area contributed by atoms with Crippen molar-refractivity contribution in [1.29, 1.82) is 0 Å². The Labute approximate surface area is 195 Å². The molecule has 0 fully saturated rings. The second-order valence-electron chi connectivity index (χ2n) is 7.53. The van der Waals surface area contributed by atoms with E-state index in [1.165, 1.54) is 4.52 Å². The number of para-hydroxylation sites is 1. The Morgan fingerprint density at radius 2 is 1.70 bits per heavy atom. The molecule has 4 rings (SSSR count). The molecule has 0 spiro atoms. The summed E-state index contributed by atoms with van der Waals surface area (Å²) in [7, 11) is 0. The number of nitrogens with zero attached hydrogens (tertiary/aromatic N) is 3. The van der Waals surface area contributed by atoms with Gasteiger partial charge in [-0.05, 0) is 42.7 Å². The predicted molar refractivity (Wildman–Crippen MR) is 129 cm³/mol. The monoisotopic (exact) mass is 463 g/mol. The van der Waals surface area contributed by atoms with Crippen LogP contribution < -0.4 is 25.1 Å². The van der Waals surface area contributed by atoms with Crippen LogP contribution in [0.1, 0.15) is 43.5 Å². The summed E-state index contributed by atoms with van der Waals surface area (Å²) >= 11 is 1.14. The first-order chi connectivity index (χ1) is 16.1. The number of hydrogen-bond donors (Lipinski definition) is 0. The van der Waals surface area contributed by atoms with Crippen LogP contribution in [0.15, 0.2) is 58.1 Å². The van der Waals surface area contributed by atoms with Crippen LogP contribution in [-0.2, 0) is 6.42 Å². The number of hydrogen-bond acceptors (Lipinski definition) is 7. The number of rotatable bonds is 9. The first-order valence-corrected chi connectivity index (χ1v) is 11.8. The van der Waals surface area contributed by atoms with Gasteiger partial charge in [-0.2, -0.15) is 14.6 Å². The van der Waals surface area contributed by atoms with Crippen molar-refractivity contribution in [3.8, 4) is 11.5 Å². The third-order valence-electron chi connectivity index (χ3n) is 4.89. The quantitative estimate of drug-likeness (QED) is 0.379. The Morgan fingerprint density at radius 3 is 2.45 bits per heavy atom. The molecule has 170 valence electrons. The van der Waals surface area contributed by atoms with Crippen molar-refractivity contribution in [3.63, 3.8) is 0 Å². The molecule has 0 radical (unpaired) electrons. The molecule has 2 heterocycles. The molecule has 0 unspecified atom stereocenters. The molecule has 0 saturated carbocycles. The van der Waals surface area contributed by atoms with Crippen molar-refractivity contribution in [2.24, 2.45) is 0 Å². The number of fused-ring (bicyclic) bond motifs is 1. The van der Waals surface area contributed by atoms with E-state index in [2.05, 4.69) is 10.1 Å². The predicted octanol–water partition coefficient (Wildman–Crippen LogP) is 3.23. The van der Waals surface area contributed by atoms with Gasteiger partial charge in [-0.25, -0.2) is 0 Å². The fourth-order valence-electron chi connectivity index (χ4n) is 3.25. The standard InChI is InChI=1S/C25H25N3O4S/c1-3-13-31-19-11-9-17(10-12-19)15-20-23(29)26-25-28(27-20)24(30)22(33-25)16-18-7-5-6-8-21(18)32-14-4-2/h5-12,16H,3-4,13-15H2,1-2H3/b22-16-. The highest BCUT2D eigenvalue weighted by Crippen LogP contribution is 2.19. The largest absolute Gasteiger partial charge is 0.494 e. The minimum absolute atomic E-state index is 0.225. The van der Waals surface area contributed by atoms with E-state index in [1.807, 2.05) is 62.4 Å². The van der Waals surface area contributed by atoms with Gasteiger partial charge in [0, 0.05) is 12.0 Å². The van der Waals surface area contributed by atoms with E-state index < -0.39 is 5.56 Å². The summed E-state index contributed by atoms with van der Waals surface area (Å²) in [6.07, 6.45) is 3.86. The number of thiazole rings is 1. The molecule has 0 aliphatic heterocycles. The summed E-state index contributed by atoms with van der Waals surface area (Å²) in [6, 6.07) is 15.0. The topological polar surface area (TPSA) is 82.8 Å². The van der Waals surface area contributed by atoms with Crippen LogP contribution in [0.3, 0.4) is 0 Å². The first-order valence-electron chi connectivity index (χ1n) is 11.0. The fraction of sp³-hybridized carbons (Fsp3) is 0.280. The maximum atomic E-state index is 13.0. The molecule has 0 aliphatic rings. The Hall–Kier alpha value is -3.52. The van der Waals surface area contributed by atoms with Gasteiger partial charge in [-0.1, -0.05) is 55.5 Å². The van der Waals surface area contributed by atoms with Gasteiger partial charge < -0.3 is 9.47 Å². The minimum Gasteiger partial charge on any atom is -0.494 e. The van der Waals surface area contributed by atoms with Gasteiger partial charge in [-0.3, -0.25) is 9.59 Å². The second-order valence-corrected chi connectivity index (χ2v) is 8.54. The lowest BCUT2D eigenvalue weighted by atomic mass is 10.1. The number of ether oxygens (including phenoxy) is 2. The summed E-state index contributed by atoms with van der Waals surface area (Å²) in [6.45, 7) is 5.33. The molecule has 4 aromatic rings. The van der Waals surface area contributed by atoms with Crippen LogP contribution in [0.5, 0.6) is 11.5 Å². The average molecular weight is 464 g/mol. The smallest absolute Gasteiger partial charge is 0.296 e. The van der Waals surface area contributed by atoms with Crippen LogP contribution in [0.25, 0.3) is 11.0 Å². The molecular weight excluding hydrogens is 438 g/mol. The molecule has 7 nitrogen and oxygen atoms in total. The van der Waals surface area contributed by atoms with E-state index in [9.17, 15) is 9.59 Å². The summed E-state index contributed by atoms with van der Waals surface area (Å²) in [5.41, 5.74) is 1.17. The normalized spacial score (nSPS) is 11.8. The third-order valence-corrected chi connectivity index (χ3v) is 5.84. The highest BCUT2D eigenvalue weighted by Gasteiger charge is 2.12. The van der Waals surface area contributed by atoms with E-state index in [1.54, 1.807) is 6.08 Å². The summed E-state index contributed by atoms with van der Waals surface area (Å²) < 4.78 is 13.0. The fourth-order valence-corrected chi connectivity index (χ4v) is 4.15. The van der Waals surface area contributed by atoms with Gasteiger partial charge in [0.1, 0.15) is 17.2 Å². The minimum atomic E-state index is -0.430. The van der Waals surface area contributed by atoms with Gasteiger partial charge in [0.05, 0.1) is 17.7 Å². The van der Waals surface area contributed by atoms with Crippen molar-refractivity contribution in [3.05, 3.63) is 90.6 Å². The maximum Gasteiger partial charge on any atom is 0.296 e. The molecular formula is C25H25N3O4S. The molecule has 2 aromatic heterocycles. The molecule has 0 bridgehead atoms. The average Bonchev–Trinajstić information content (AvgIpc) is 3.12. The molecule has 2 aromatic carbocycles. The van der Waals surface area contributed by atoms with Gasteiger partial charge in [0.15, 0.2) is 0 Å². The van der Waals surface area contributed by atoms with Crippen molar-refractivity contribution < 1.29 is 9.47 Å². The van der Waals surface area contributed by atoms with Crippen molar-refractivity contribution >= 4 is 22.4 Å². The highest BCUT2D eigenvalue weighted by atomic mass is 32.1. The lowest BCUT2D eigenvalue weighted by Crippen LogP contribution is -2.28. The zero-order valence-corrected chi connectivity index (χ0v) is 19.4. The van der Waals surface area contributed by atoms with Gasteiger partial charge in [0.25, 0.3) is 11.1 Å². The van der Waals surface area contributed by atoms with E-state index >= 15 is 0 Å². The van der Waals surface area contributed by atoms with Crippen LogP contribution in [0.4, 0.5) is 0 Å². The summed E-state index contributed by atoms with van der Waals surface area (Å²) in [4.78, 5) is 29.9. The molecule has 0 saturated heterocycles. The Morgan fingerprint density at radius 1 is 0.970 bits per heavy atom. The van der Waals surface area contributed by atoms with Crippen LogP contribution in [0.2, 0.25) is 0 Å². The van der Waals surface area contributed by atoms with E-state index in [0.717, 1.165) is 41.1 Å². The van der Waals surface area contributed by atoms with Crippen molar-refractivity contribution in [1.82, 2.24) is 14.6 Å². The van der Waals surface area contributed by atoms with Crippen LogP contribution >= 0.6 is 11.3 Å². The van der Waals surface area contributed by atoms with Crippen LogP contribution in [0, 0.1) is 0 Å². The van der Waals surface area contributed by atoms with Gasteiger partial charge in [-0.15, -0.1) is 0 Å². The second kappa shape index (κ2) is 10.4. The number of benzene rings is 2. The lowest BCUT2D eigenvalue weighted by molar-refractivity contribution is 0.317. The molecule has 8 heteroatoms. The Bertz CT molecular complexity index is 1410. The Balaban J connectivity index is 1.66. The molecule has 0 amide bonds. The summed E-state index contributed by atoms with van der Waals surface area (Å²) in [5.74, 6) is 1.49. The lowest BCUT2D eigenvalue weighted by Gasteiger charge is -2.07. The maximum absolute atomic E-state index is 13.0. The van der Waals surface area contributed by atoms with E-state index in [4.69, 9.17) is 9.47 Å². The zero-order chi connectivity index (χ0) is 23.2. The Kier molecular flexibility index (Phi) is 7.14. The highest BCUT2D eigenvalue weighted by molar-refractivity contribution is 7.15. The molecule has 0 atom stereocenters. The molecule has 0 aliphatic carbocycles. The SMILES string of the molecule is CCCOc1ccc(Cc2nn3c(=O)/c(=C/c4ccccc4OCCC)sc3nc2=O)cc1. The van der Waals surface area contributed by atoms with Crippen molar-refractivity contribution in [2.45, 2.75) is 33.1 Å². The van der Waals surface area contributed by atoms with Crippen molar-refractivity contribution in [2.75, 3.05) is 13.2 Å². The van der Waals surface area contributed by atoms with E-state index in [0.29, 0.717) is 23.5 Å².